The van der Waals surface area contributed by atoms with Gasteiger partial charge in [-0.05, 0) is 11.6 Å². The Morgan fingerprint density at radius 1 is 1.37 bits per heavy atom. The molecular formula is C15H19NO2S. The second-order valence-electron chi connectivity index (χ2n) is 4.36. The van der Waals surface area contributed by atoms with Crippen LogP contribution in [0.25, 0.3) is 6.08 Å². The normalized spacial score (nSPS) is 15.9. The molecule has 1 saturated heterocycles. The average molecular weight is 277 g/mol. The van der Waals surface area contributed by atoms with Gasteiger partial charge in [-0.2, -0.15) is 0 Å². The molecule has 1 aliphatic rings. The number of carbonyl (C=O) groups excluding carboxylic acids is 1. The molecule has 19 heavy (non-hydrogen) atoms. The number of ether oxygens (including phenoxy) is 1. The third-order valence-corrected chi connectivity index (χ3v) is 3.73. The molecule has 0 bridgehead atoms. The summed E-state index contributed by atoms with van der Waals surface area (Å²) in [5.41, 5.74) is 2.45. The van der Waals surface area contributed by atoms with Crippen molar-refractivity contribution in [1.29, 1.82) is 0 Å². The summed E-state index contributed by atoms with van der Waals surface area (Å²) in [6, 6.07) is 8.36. The van der Waals surface area contributed by atoms with Gasteiger partial charge in [0.25, 0.3) is 0 Å². The quantitative estimate of drug-likeness (QED) is 0.846. The number of para-hydroxylation sites is 1. The maximum Gasteiger partial charge on any atom is 0.186 e. The molecule has 0 atom stereocenters. The minimum atomic E-state index is 0.158. The number of benzene rings is 1. The molecule has 0 amide bonds. The van der Waals surface area contributed by atoms with Gasteiger partial charge in [0.2, 0.25) is 0 Å². The number of anilines is 1. The Labute approximate surface area is 118 Å². The van der Waals surface area contributed by atoms with Crippen LogP contribution < -0.4 is 4.90 Å². The van der Waals surface area contributed by atoms with Gasteiger partial charge in [0.1, 0.15) is 0 Å². The van der Waals surface area contributed by atoms with Crippen LogP contribution in [0.5, 0.6) is 0 Å². The van der Waals surface area contributed by atoms with Gasteiger partial charge in [-0.1, -0.05) is 42.1 Å². The number of rotatable bonds is 4. The lowest BCUT2D eigenvalue weighted by Crippen LogP contribution is -2.36. The van der Waals surface area contributed by atoms with E-state index in [4.69, 9.17) is 4.74 Å². The van der Waals surface area contributed by atoms with Crippen molar-refractivity contribution in [2.24, 2.45) is 0 Å². The average Bonchev–Trinajstić information content (AvgIpc) is 2.45. The van der Waals surface area contributed by atoms with E-state index in [2.05, 4.69) is 29.2 Å². The molecule has 0 aliphatic carbocycles. The maximum atomic E-state index is 10.9. The lowest BCUT2D eigenvalue weighted by Gasteiger charge is -2.30. The highest BCUT2D eigenvalue weighted by molar-refractivity contribution is 8.13. The molecule has 1 aromatic carbocycles. The van der Waals surface area contributed by atoms with Crippen LogP contribution in [0.3, 0.4) is 0 Å². The van der Waals surface area contributed by atoms with E-state index in [0.29, 0.717) is 0 Å². The van der Waals surface area contributed by atoms with Gasteiger partial charge in [0.05, 0.1) is 13.2 Å². The fourth-order valence-electron chi connectivity index (χ4n) is 2.06. The number of thioether (sulfide) groups is 1. The summed E-state index contributed by atoms with van der Waals surface area (Å²) in [5.74, 6) is 0.729. The minimum absolute atomic E-state index is 0.158. The standard InChI is InChI=1S/C15H19NO2S/c1-13(17)19-12-4-6-14-5-2-3-7-15(14)16-8-10-18-11-9-16/h2-7H,8-12H2,1H3. The number of hydrogen-bond acceptors (Lipinski definition) is 4. The Hall–Kier alpha value is -1.26. The minimum Gasteiger partial charge on any atom is -0.378 e. The first-order chi connectivity index (χ1) is 9.27. The van der Waals surface area contributed by atoms with Crippen LogP contribution in [0.4, 0.5) is 5.69 Å². The van der Waals surface area contributed by atoms with Crippen LogP contribution in [0, 0.1) is 0 Å². The number of morpholine rings is 1. The Kier molecular flexibility index (Phi) is 5.48. The van der Waals surface area contributed by atoms with Gasteiger partial charge in [-0.3, -0.25) is 4.79 Å². The second kappa shape index (κ2) is 7.36. The van der Waals surface area contributed by atoms with Crippen molar-refractivity contribution in [1.82, 2.24) is 0 Å². The van der Waals surface area contributed by atoms with E-state index in [1.165, 1.54) is 23.0 Å². The number of nitrogens with zero attached hydrogens (tertiary/aromatic N) is 1. The monoisotopic (exact) mass is 277 g/mol. The molecule has 1 heterocycles. The Morgan fingerprint density at radius 2 is 2.11 bits per heavy atom. The van der Waals surface area contributed by atoms with Crippen molar-refractivity contribution in [2.75, 3.05) is 37.0 Å². The van der Waals surface area contributed by atoms with E-state index in [1.807, 2.05) is 12.1 Å². The first-order valence-corrected chi connectivity index (χ1v) is 7.47. The molecule has 0 unspecified atom stereocenters. The zero-order valence-corrected chi connectivity index (χ0v) is 12.0. The van der Waals surface area contributed by atoms with E-state index in [-0.39, 0.29) is 5.12 Å². The largest absolute Gasteiger partial charge is 0.378 e. The van der Waals surface area contributed by atoms with Crippen LogP contribution in [0.15, 0.2) is 30.3 Å². The first kappa shape index (κ1) is 14.2. The van der Waals surface area contributed by atoms with E-state index >= 15 is 0 Å². The summed E-state index contributed by atoms with van der Waals surface area (Å²) in [5, 5.41) is 0.158. The smallest absolute Gasteiger partial charge is 0.186 e. The molecule has 102 valence electrons. The molecular weight excluding hydrogens is 258 g/mol. The molecule has 0 saturated carbocycles. The molecule has 1 fully saturated rings. The molecule has 0 radical (unpaired) electrons. The third kappa shape index (κ3) is 4.40. The van der Waals surface area contributed by atoms with Crippen molar-refractivity contribution in [2.45, 2.75) is 6.92 Å². The Morgan fingerprint density at radius 3 is 2.84 bits per heavy atom. The molecule has 1 aliphatic heterocycles. The topological polar surface area (TPSA) is 29.5 Å². The summed E-state index contributed by atoms with van der Waals surface area (Å²) in [6.07, 6.45) is 4.14. The molecule has 0 spiro atoms. The van der Waals surface area contributed by atoms with Gasteiger partial charge in [0.15, 0.2) is 5.12 Å². The predicted octanol–water partition coefficient (Wildman–Crippen LogP) is 2.82. The summed E-state index contributed by atoms with van der Waals surface area (Å²) >= 11 is 1.33. The lowest BCUT2D eigenvalue weighted by atomic mass is 10.1. The van der Waals surface area contributed by atoms with Gasteiger partial charge >= 0.3 is 0 Å². The fourth-order valence-corrected chi connectivity index (χ4v) is 2.49. The summed E-state index contributed by atoms with van der Waals surface area (Å²) < 4.78 is 5.39. The molecule has 0 aromatic heterocycles. The molecule has 0 N–H and O–H groups in total. The molecule has 1 aromatic rings. The Bertz CT molecular complexity index is 453. The van der Waals surface area contributed by atoms with Crippen molar-refractivity contribution < 1.29 is 9.53 Å². The summed E-state index contributed by atoms with van der Waals surface area (Å²) in [6.45, 7) is 5.05. The SMILES string of the molecule is CC(=O)SCC=Cc1ccccc1N1CCOCC1. The number of hydrogen-bond donors (Lipinski definition) is 0. The summed E-state index contributed by atoms with van der Waals surface area (Å²) in [7, 11) is 0. The Balaban J connectivity index is 2.05. The first-order valence-electron chi connectivity index (χ1n) is 6.49. The molecule has 4 heteroatoms. The summed E-state index contributed by atoms with van der Waals surface area (Å²) in [4.78, 5) is 13.2. The maximum absolute atomic E-state index is 10.9. The van der Waals surface area contributed by atoms with Crippen molar-refractivity contribution in [3.8, 4) is 0 Å². The van der Waals surface area contributed by atoms with E-state index in [0.717, 1.165) is 32.1 Å². The van der Waals surface area contributed by atoms with E-state index in [9.17, 15) is 4.79 Å². The van der Waals surface area contributed by atoms with Gasteiger partial charge in [0, 0.05) is 31.5 Å². The van der Waals surface area contributed by atoms with Crippen molar-refractivity contribution in [3.05, 3.63) is 35.9 Å². The van der Waals surface area contributed by atoms with Gasteiger partial charge in [-0.15, -0.1) is 0 Å². The van der Waals surface area contributed by atoms with Crippen LogP contribution in [-0.2, 0) is 9.53 Å². The second-order valence-corrected chi connectivity index (χ2v) is 5.56. The number of carbonyl (C=O) groups is 1. The molecule has 2 rings (SSSR count). The van der Waals surface area contributed by atoms with Crippen LogP contribution >= 0.6 is 11.8 Å². The van der Waals surface area contributed by atoms with Crippen LogP contribution in [0.2, 0.25) is 0 Å². The van der Waals surface area contributed by atoms with Crippen molar-refractivity contribution >= 4 is 28.6 Å². The van der Waals surface area contributed by atoms with Crippen LogP contribution in [0.1, 0.15) is 12.5 Å². The zero-order chi connectivity index (χ0) is 13.5. The van der Waals surface area contributed by atoms with Crippen LogP contribution in [-0.4, -0.2) is 37.2 Å². The van der Waals surface area contributed by atoms with E-state index in [1.54, 1.807) is 6.92 Å². The highest BCUT2D eigenvalue weighted by Gasteiger charge is 2.12. The lowest BCUT2D eigenvalue weighted by molar-refractivity contribution is -0.109. The van der Waals surface area contributed by atoms with Gasteiger partial charge < -0.3 is 9.64 Å². The molecule has 3 nitrogen and oxygen atoms in total. The highest BCUT2D eigenvalue weighted by Crippen LogP contribution is 2.22. The predicted molar refractivity (Wildman–Crippen MR) is 81.6 cm³/mol. The van der Waals surface area contributed by atoms with Crippen molar-refractivity contribution in [3.63, 3.8) is 0 Å². The zero-order valence-electron chi connectivity index (χ0n) is 11.2. The van der Waals surface area contributed by atoms with Gasteiger partial charge in [-0.25, -0.2) is 0 Å². The third-order valence-electron chi connectivity index (χ3n) is 2.97. The fraction of sp³-hybridized carbons (Fsp3) is 0.400. The highest BCUT2D eigenvalue weighted by atomic mass is 32.2. The van der Waals surface area contributed by atoms with E-state index < -0.39 is 0 Å².